The molecule has 0 radical (unpaired) electrons. The maximum atomic E-state index is 6.20. The van der Waals surface area contributed by atoms with Crippen LogP contribution in [-0.4, -0.2) is 19.2 Å². The van der Waals surface area contributed by atoms with Gasteiger partial charge in [0.1, 0.15) is 11.9 Å². The van der Waals surface area contributed by atoms with Gasteiger partial charge in [0.15, 0.2) is 0 Å². The highest BCUT2D eigenvalue weighted by atomic mass is 35.5. The van der Waals surface area contributed by atoms with Crippen molar-refractivity contribution >= 4 is 11.6 Å². The van der Waals surface area contributed by atoms with Gasteiger partial charge >= 0.3 is 0 Å². The van der Waals surface area contributed by atoms with E-state index < -0.39 is 0 Å². The summed E-state index contributed by atoms with van der Waals surface area (Å²) in [5, 5.41) is 4.13. The molecule has 1 aromatic carbocycles. The van der Waals surface area contributed by atoms with Crippen LogP contribution >= 0.6 is 11.6 Å². The van der Waals surface area contributed by atoms with Gasteiger partial charge in [-0.2, -0.15) is 0 Å². The summed E-state index contributed by atoms with van der Waals surface area (Å²) in [7, 11) is 2.02. The van der Waals surface area contributed by atoms with Crippen LogP contribution in [0, 0.1) is 6.92 Å². The minimum absolute atomic E-state index is 0.259. The summed E-state index contributed by atoms with van der Waals surface area (Å²) < 4.78 is 6.20. The van der Waals surface area contributed by atoms with Gasteiger partial charge in [0.05, 0.1) is 0 Å². The molecule has 0 heterocycles. The number of ether oxygens (including phenoxy) is 1. The first-order chi connectivity index (χ1) is 8.70. The summed E-state index contributed by atoms with van der Waals surface area (Å²) >= 11 is 6.04. The lowest BCUT2D eigenvalue weighted by Gasteiger charge is -2.26. The molecule has 1 saturated carbocycles. The lowest BCUT2D eigenvalue weighted by Crippen LogP contribution is -2.40. The third kappa shape index (κ3) is 3.39. The van der Waals surface area contributed by atoms with E-state index in [-0.39, 0.29) is 6.10 Å². The van der Waals surface area contributed by atoms with E-state index in [9.17, 15) is 0 Å². The number of likely N-dealkylation sites (N-methyl/N-ethyl adjacent to an activating group) is 1. The molecule has 3 heteroatoms. The molecule has 2 rings (SSSR count). The summed E-state index contributed by atoms with van der Waals surface area (Å²) in [5.41, 5.74) is 1.15. The quantitative estimate of drug-likeness (QED) is 0.838. The first-order valence-electron chi connectivity index (χ1n) is 6.81. The van der Waals surface area contributed by atoms with Gasteiger partial charge in [0, 0.05) is 11.1 Å². The van der Waals surface area contributed by atoms with E-state index in [0.29, 0.717) is 6.04 Å². The van der Waals surface area contributed by atoms with Crippen LogP contribution < -0.4 is 10.1 Å². The number of benzene rings is 1. The Morgan fingerprint density at radius 1 is 1.22 bits per heavy atom. The third-order valence-electron chi connectivity index (χ3n) is 3.75. The number of nitrogens with one attached hydrogen (secondary N) is 1. The molecule has 0 saturated heterocycles. The Morgan fingerprint density at radius 2 is 2.00 bits per heavy atom. The zero-order chi connectivity index (χ0) is 13.0. The van der Waals surface area contributed by atoms with E-state index in [1.807, 2.05) is 25.2 Å². The number of aryl methyl sites for hydroxylation is 1. The van der Waals surface area contributed by atoms with Crippen LogP contribution in [0.4, 0.5) is 0 Å². The van der Waals surface area contributed by atoms with E-state index >= 15 is 0 Å². The highest BCUT2D eigenvalue weighted by Crippen LogP contribution is 2.27. The largest absolute Gasteiger partial charge is 0.488 e. The van der Waals surface area contributed by atoms with Gasteiger partial charge in [0.25, 0.3) is 0 Å². The molecule has 1 aliphatic carbocycles. The van der Waals surface area contributed by atoms with E-state index in [2.05, 4.69) is 12.2 Å². The maximum absolute atomic E-state index is 6.20. The van der Waals surface area contributed by atoms with Crippen molar-refractivity contribution in [2.24, 2.45) is 0 Å². The lowest BCUT2D eigenvalue weighted by atomic mass is 10.1. The predicted molar refractivity (Wildman–Crippen MR) is 76.5 cm³/mol. The van der Waals surface area contributed by atoms with Crippen LogP contribution in [-0.2, 0) is 0 Å². The minimum Gasteiger partial charge on any atom is -0.488 e. The molecule has 100 valence electrons. The number of halogens is 1. The second kappa shape index (κ2) is 6.44. The molecular formula is C15H22ClNO. The molecule has 2 nitrogen and oxygen atoms in total. The van der Waals surface area contributed by atoms with Gasteiger partial charge in [-0.1, -0.05) is 30.5 Å². The Kier molecular flexibility index (Phi) is 4.90. The van der Waals surface area contributed by atoms with Crippen LogP contribution in [0.15, 0.2) is 18.2 Å². The van der Waals surface area contributed by atoms with E-state index in [0.717, 1.165) is 22.8 Å². The minimum atomic E-state index is 0.259. The molecule has 0 bridgehead atoms. The first-order valence-corrected chi connectivity index (χ1v) is 7.18. The van der Waals surface area contributed by atoms with Crippen molar-refractivity contribution in [2.75, 3.05) is 7.05 Å². The Labute approximate surface area is 115 Å². The van der Waals surface area contributed by atoms with Crippen molar-refractivity contribution in [3.05, 3.63) is 28.8 Å². The number of rotatable bonds is 3. The predicted octanol–water partition coefficient (Wildman–Crippen LogP) is 3.95. The average Bonchev–Trinajstić information content (AvgIpc) is 2.59. The first kappa shape index (κ1) is 13.7. The van der Waals surface area contributed by atoms with Crippen LogP contribution in [0.5, 0.6) is 5.75 Å². The van der Waals surface area contributed by atoms with Gasteiger partial charge in [-0.3, -0.25) is 0 Å². The fraction of sp³-hybridized carbons (Fsp3) is 0.600. The molecule has 1 fully saturated rings. The zero-order valence-corrected chi connectivity index (χ0v) is 12.0. The summed E-state index contributed by atoms with van der Waals surface area (Å²) in [6, 6.07) is 6.30. The topological polar surface area (TPSA) is 21.3 Å². The fourth-order valence-electron chi connectivity index (χ4n) is 2.61. The SMILES string of the molecule is CNC1CCCCCC1Oc1cc(Cl)ccc1C. The van der Waals surface area contributed by atoms with Gasteiger partial charge in [0.2, 0.25) is 0 Å². The van der Waals surface area contributed by atoms with E-state index in [1.165, 1.54) is 25.7 Å². The molecule has 0 aliphatic heterocycles. The second-order valence-electron chi connectivity index (χ2n) is 5.10. The Bertz CT molecular complexity index is 394. The molecule has 2 unspecified atom stereocenters. The Hall–Kier alpha value is -0.730. The average molecular weight is 268 g/mol. The van der Waals surface area contributed by atoms with Gasteiger partial charge in [-0.25, -0.2) is 0 Å². The zero-order valence-electron chi connectivity index (χ0n) is 11.2. The van der Waals surface area contributed by atoms with Crippen molar-refractivity contribution in [2.45, 2.75) is 51.2 Å². The van der Waals surface area contributed by atoms with Crippen molar-refractivity contribution in [3.63, 3.8) is 0 Å². The summed E-state index contributed by atoms with van der Waals surface area (Å²) in [6.45, 7) is 2.07. The van der Waals surface area contributed by atoms with Crippen molar-refractivity contribution in [1.82, 2.24) is 5.32 Å². The molecule has 0 amide bonds. The molecule has 0 aromatic heterocycles. The van der Waals surface area contributed by atoms with E-state index in [4.69, 9.17) is 16.3 Å². The van der Waals surface area contributed by atoms with Crippen LogP contribution in [0.25, 0.3) is 0 Å². The van der Waals surface area contributed by atoms with Crippen LogP contribution in [0.1, 0.15) is 37.7 Å². The molecule has 1 aliphatic rings. The van der Waals surface area contributed by atoms with Gasteiger partial charge in [-0.15, -0.1) is 0 Å². The Morgan fingerprint density at radius 3 is 2.78 bits per heavy atom. The van der Waals surface area contributed by atoms with Gasteiger partial charge < -0.3 is 10.1 Å². The second-order valence-corrected chi connectivity index (χ2v) is 5.54. The summed E-state index contributed by atoms with van der Waals surface area (Å²) in [4.78, 5) is 0. The molecule has 18 heavy (non-hydrogen) atoms. The normalized spacial score (nSPS) is 24.6. The van der Waals surface area contributed by atoms with Crippen molar-refractivity contribution in [1.29, 1.82) is 0 Å². The number of hydrogen-bond acceptors (Lipinski definition) is 2. The van der Waals surface area contributed by atoms with Crippen molar-refractivity contribution < 1.29 is 4.74 Å². The third-order valence-corrected chi connectivity index (χ3v) is 3.99. The maximum Gasteiger partial charge on any atom is 0.124 e. The monoisotopic (exact) mass is 267 g/mol. The van der Waals surface area contributed by atoms with Crippen molar-refractivity contribution in [3.8, 4) is 5.75 Å². The van der Waals surface area contributed by atoms with E-state index in [1.54, 1.807) is 0 Å². The standard InChI is InChI=1S/C15H22ClNO/c1-11-8-9-12(16)10-15(11)18-14-7-5-3-4-6-13(14)17-2/h8-10,13-14,17H,3-7H2,1-2H3. The molecule has 0 spiro atoms. The summed E-state index contributed by atoms with van der Waals surface area (Å²) in [6.07, 6.45) is 6.43. The molecular weight excluding hydrogens is 246 g/mol. The highest BCUT2D eigenvalue weighted by molar-refractivity contribution is 6.30. The highest BCUT2D eigenvalue weighted by Gasteiger charge is 2.24. The van der Waals surface area contributed by atoms with Crippen LogP contribution in [0.2, 0.25) is 5.02 Å². The molecule has 1 N–H and O–H groups in total. The molecule has 1 aromatic rings. The fourth-order valence-corrected chi connectivity index (χ4v) is 2.77. The lowest BCUT2D eigenvalue weighted by molar-refractivity contribution is 0.148. The number of hydrogen-bond donors (Lipinski definition) is 1. The molecule has 2 atom stereocenters. The summed E-state index contributed by atoms with van der Waals surface area (Å²) in [5.74, 6) is 0.926. The smallest absolute Gasteiger partial charge is 0.124 e. The van der Waals surface area contributed by atoms with Gasteiger partial charge in [-0.05, 0) is 50.9 Å². The van der Waals surface area contributed by atoms with Crippen LogP contribution in [0.3, 0.4) is 0 Å². The Balaban J connectivity index is 2.12.